The molecule has 0 radical (unpaired) electrons. The monoisotopic (exact) mass is 565 g/mol. The van der Waals surface area contributed by atoms with E-state index >= 15 is 0 Å². The van der Waals surface area contributed by atoms with Gasteiger partial charge in [-0.3, -0.25) is 14.4 Å². The van der Waals surface area contributed by atoms with Crippen molar-refractivity contribution in [3.63, 3.8) is 0 Å². The average molecular weight is 566 g/mol. The van der Waals surface area contributed by atoms with E-state index in [0.717, 1.165) is 6.42 Å². The maximum atomic E-state index is 12.7. The molecule has 0 aliphatic rings. The van der Waals surface area contributed by atoms with E-state index in [1.165, 1.54) is 7.11 Å². The summed E-state index contributed by atoms with van der Waals surface area (Å²) in [4.78, 5) is 49.5. The molecule has 0 spiro atoms. The molecule has 10 nitrogen and oxygen atoms in total. The number of carbonyl (C=O) groups excluding carboxylic acids is 4. The van der Waals surface area contributed by atoms with E-state index in [1.807, 2.05) is 41.5 Å². The molecule has 226 valence electrons. The van der Waals surface area contributed by atoms with E-state index in [9.17, 15) is 19.2 Å². The van der Waals surface area contributed by atoms with Gasteiger partial charge in [0.2, 0.25) is 0 Å². The highest BCUT2D eigenvalue weighted by molar-refractivity contribution is 5.79. The quantitative estimate of drug-likeness (QED) is 0.167. The summed E-state index contributed by atoms with van der Waals surface area (Å²) in [7, 11) is 1.28. The van der Waals surface area contributed by atoms with E-state index < -0.39 is 30.1 Å². The molecule has 0 aromatic heterocycles. The Balaban J connectivity index is 3.01. The Morgan fingerprint density at radius 1 is 0.750 bits per heavy atom. The van der Waals surface area contributed by atoms with Crippen molar-refractivity contribution in [3.8, 4) is 11.5 Å². The zero-order chi connectivity index (χ0) is 30.4. The van der Waals surface area contributed by atoms with Crippen LogP contribution < -0.4 is 14.8 Å². The van der Waals surface area contributed by atoms with Gasteiger partial charge in [-0.2, -0.15) is 0 Å². The van der Waals surface area contributed by atoms with Crippen LogP contribution in [0.5, 0.6) is 11.5 Å². The van der Waals surface area contributed by atoms with Crippen LogP contribution in [0.2, 0.25) is 0 Å². The average Bonchev–Trinajstić information content (AvgIpc) is 2.89. The molecule has 0 aliphatic heterocycles. The SMILES string of the molecule is COC(=O)[C@H](Cc1ccc(OC(=O)C(C)C(C)C)c(OC(=O)C(C)C(C)C)c1)NCCOC(=O)OCCC(C)C. The van der Waals surface area contributed by atoms with Gasteiger partial charge in [0.05, 0.1) is 25.6 Å². The smallest absolute Gasteiger partial charge is 0.468 e. The lowest BCUT2D eigenvalue weighted by molar-refractivity contribution is -0.143. The highest BCUT2D eigenvalue weighted by Crippen LogP contribution is 2.31. The fourth-order valence-electron chi connectivity index (χ4n) is 3.19. The standard InChI is InChI=1S/C30H47NO9/c1-18(2)12-14-37-30(35)38-15-13-31-24(29(34)36-9)16-23-10-11-25(39-27(32)21(7)19(3)4)26(17-23)40-28(33)22(8)20(5)6/h10-11,17-22,24,31H,12-16H2,1-9H3/t21?,22?,24-/m0/s1. The van der Waals surface area contributed by atoms with Crippen LogP contribution in [0.1, 0.15) is 67.4 Å². The van der Waals surface area contributed by atoms with Crippen LogP contribution in [-0.4, -0.2) is 57.0 Å². The van der Waals surface area contributed by atoms with E-state index in [1.54, 1.807) is 32.0 Å². The topological polar surface area (TPSA) is 126 Å². The predicted molar refractivity (Wildman–Crippen MR) is 150 cm³/mol. The lowest BCUT2D eigenvalue weighted by atomic mass is 9.98. The molecule has 3 atom stereocenters. The number of methoxy groups -OCH3 is 1. The van der Waals surface area contributed by atoms with E-state index in [4.69, 9.17) is 23.7 Å². The Labute approximate surface area is 238 Å². The van der Waals surface area contributed by atoms with Gasteiger partial charge < -0.3 is 29.0 Å². The summed E-state index contributed by atoms with van der Waals surface area (Å²) in [6.45, 7) is 15.7. The van der Waals surface area contributed by atoms with Crippen LogP contribution in [0.15, 0.2) is 18.2 Å². The van der Waals surface area contributed by atoms with Gasteiger partial charge in [-0.15, -0.1) is 0 Å². The van der Waals surface area contributed by atoms with E-state index in [0.29, 0.717) is 11.5 Å². The molecule has 0 saturated heterocycles. The van der Waals surface area contributed by atoms with Crippen LogP contribution >= 0.6 is 0 Å². The van der Waals surface area contributed by atoms with Crippen LogP contribution in [0.3, 0.4) is 0 Å². The third-order valence-corrected chi connectivity index (χ3v) is 6.73. The maximum absolute atomic E-state index is 12.7. The summed E-state index contributed by atoms with van der Waals surface area (Å²) in [5, 5.41) is 3.02. The Hall–Kier alpha value is -3.14. The normalized spacial score (nSPS) is 13.5. The first kappa shape index (κ1) is 34.9. The van der Waals surface area contributed by atoms with Crippen molar-refractivity contribution < 1.29 is 42.9 Å². The van der Waals surface area contributed by atoms with Gasteiger partial charge in [0.1, 0.15) is 12.6 Å². The highest BCUT2D eigenvalue weighted by atomic mass is 16.7. The lowest BCUT2D eigenvalue weighted by Gasteiger charge is -2.20. The Bertz CT molecular complexity index is 974. The van der Waals surface area contributed by atoms with Gasteiger partial charge >= 0.3 is 24.1 Å². The Morgan fingerprint density at radius 2 is 1.30 bits per heavy atom. The first-order valence-corrected chi connectivity index (χ1v) is 13.9. The van der Waals surface area contributed by atoms with Crippen molar-refractivity contribution in [3.05, 3.63) is 23.8 Å². The minimum atomic E-state index is -0.780. The number of hydrogen-bond acceptors (Lipinski definition) is 10. The molecule has 0 amide bonds. The van der Waals surface area contributed by atoms with Gasteiger partial charge in [-0.1, -0.05) is 61.5 Å². The van der Waals surface area contributed by atoms with Gasteiger partial charge in [0.25, 0.3) is 0 Å². The van der Waals surface area contributed by atoms with Gasteiger partial charge in [0, 0.05) is 6.54 Å². The molecule has 40 heavy (non-hydrogen) atoms. The molecular formula is C30H47NO9. The number of carbonyl (C=O) groups is 4. The molecule has 0 heterocycles. The summed E-state index contributed by atoms with van der Waals surface area (Å²) < 4.78 is 26.2. The number of benzene rings is 1. The highest BCUT2D eigenvalue weighted by Gasteiger charge is 2.25. The molecule has 1 aromatic rings. The summed E-state index contributed by atoms with van der Waals surface area (Å²) >= 11 is 0. The van der Waals surface area contributed by atoms with E-state index in [2.05, 4.69) is 5.32 Å². The number of esters is 3. The molecular weight excluding hydrogens is 518 g/mol. The molecule has 0 saturated carbocycles. The predicted octanol–water partition coefficient (Wildman–Crippen LogP) is 4.95. The first-order chi connectivity index (χ1) is 18.8. The first-order valence-electron chi connectivity index (χ1n) is 13.9. The molecule has 1 rings (SSSR count). The van der Waals surface area contributed by atoms with Gasteiger partial charge in [0.15, 0.2) is 11.5 Å². The number of rotatable bonds is 16. The lowest BCUT2D eigenvalue weighted by Crippen LogP contribution is -2.41. The van der Waals surface area contributed by atoms with Crippen LogP contribution in [0, 0.1) is 29.6 Å². The molecule has 0 aliphatic carbocycles. The summed E-state index contributed by atoms with van der Waals surface area (Å²) in [6.07, 6.45) is 0.142. The third-order valence-electron chi connectivity index (χ3n) is 6.73. The number of nitrogens with one attached hydrogen (secondary N) is 1. The Kier molecular flexibility index (Phi) is 15.3. The van der Waals surface area contributed by atoms with E-state index in [-0.39, 0.29) is 61.3 Å². The zero-order valence-electron chi connectivity index (χ0n) is 25.4. The van der Waals surface area contributed by atoms with Crippen molar-refractivity contribution in [1.29, 1.82) is 0 Å². The largest absolute Gasteiger partial charge is 0.508 e. The minimum Gasteiger partial charge on any atom is -0.468 e. The van der Waals surface area contributed by atoms with Crippen LogP contribution in [0.4, 0.5) is 4.79 Å². The second kappa shape index (κ2) is 17.5. The third kappa shape index (κ3) is 12.4. The number of hydrogen-bond donors (Lipinski definition) is 1. The van der Waals surface area contributed by atoms with Crippen molar-refractivity contribution in [1.82, 2.24) is 5.32 Å². The zero-order valence-corrected chi connectivity index (χ0v) is 25.4. The minimum absolute atomic E-state index is 0.00706. The van der Waals surface area contributed by atoms with Gasteiger partial charge in [-0.25, -0.2) is 4.79 Å². The van der Waals surface area contributed by atoms with Crippen LogP contribution in [-0.2, 0) is 35.0 Å². The Morgan fingerprint density at radius 3 is 1.82 bits per heavy atom. The fraction of sp³-hybridized carbons (Fsp3) is 0.667. The summed E-state index contributed by atoms with van der Waals surface area (Å²) in [5.41, 5.74) is 0.633. The van der Waals surface area contributed by atoms with Crippen molar-refractivity contribution in [2.75, 3.05) is 26.9 Å². The maximum Gasteiger partial charge on any atom is 0.508 e. The van der Waals surface area contributed by atoms with Crippen LogP contribution in [0.25, 0.3) is 0 Å². The molecule has 1 aromatic carbocycles. The fourth-order valence-corrected chi connectivity index (χ4v) is 3.19. The number of ether oxygens (including phenoxy) is 5. The summed E-state index contributed by atoms with van der Waals surface area (Å²) in [6, 6.07) is 4.03. The van der Waals surface area contributed by atoms with Crippen molar-refractivity contribution >= 4 is 24.1 Å². The molecule has 0 fully saturated rings. The molecule has 0 bridgehead atoms. The van der Waals surface area contributed by atoms with Crippen molar-refractivity contribution in [2.45, 2.75) is 74.3 Å². The van der Waals surface area contributed by atoms with Crippen molar-refractivity contribution in [2.24, 2.45) is 29.6 Å². The second-order valence-corrected chi connectivity index (χ2v) is 11.1. The second-order valence-electron chi connectivity index (χ2n) is 11.1. The summed E-state index contributed by atoms with van der Waals surface area (Å²) in [5.74, 6) is -1.43. The van der Waals surface area contributed by atoms with Gasteiger partial charge in [-0.05, 0) is 48.3 Å². The molecule has 2 unspecified atom stereocenters. The molecule has 10 heteroatoms. The molecule has 1 N–H and O–H groups in total.